The van der Waals surface area contributed by atoms with Gasteiger partial charge in [0.05, 0.1) is 24.1 Å². The van der Waals surface area contributed by atoms with E-state index in [0.29, 0.717) is 38.8 Å². The standard InChI is InChI=1S/C25H27ClFN5O3/c1-14-9-22(32-12-18(27)10-29-32)19-7-6-8-23(24(19)30-14)35-13-21(15(2)26)20(11-28-5)16(3)31-25(34)17(4)33/h6-12,16-17,33H,5,13H2,1-4H3,(H,31,34)/b20-11-,21-15+/t16?,17-/m0/s1. The molecular weight excluding hydrogens is 473 g/mol. The van der Waals surface area contributed by atoms with Gasteiger partial charge in [0, 0.05) is 33.5 Å². The molecule has 0 radical (unpaired) electrons. The second kappa shape index (κ2) is 11.2. The molecule has 3 aromatic rings. The highest BCUT2D eigenvalue weighted by molar-refractivity contribution is 6.29. The van der Waals surface area contributed by atoms with Gasteiger partial charge in [0.1, 0.15) is 24.0 Å². The Balaban J connectivity index is 1.96. The topological polar surface area (TPSA) is 102 Å². The molecule has 2 aromatic heterocycles. The fraction of sp³-hybridized carbons (Fsp3) is 0.280. The van der Waals surface area contributed by atoms with E-state index in [0.717, 1.165) is 11.6 Å². The fourth-order valence-corrected chi connectivity index (χ4v) is 3.72. The Morgan fingerprint density at radius 3 is 2.77 bits per heavy atom. The molecule has 3 rings (SSSR count). The molecule has 0 saturated carbocycles. The van der Waals surface area contributed by atoms with E-state index >= 15 is 0 Å². The molecule has 2 heterocycles. The summed E-state index contributed by atoms with van der Waals surface area (Å²) in [7, 11) is 0. The summed E-state index contributed by atoms with van der Waals surface area (Å²) in [6, 6.07) is 6.73. The number of halogens is 2. The van der Waals surface area contributed by atoms with Crippen LogP contribution in [0.15, 0.2) is 64.0 Å². The lowest BCUT2D eigenvalue weighted by Crippen LogP contribution is -2.40. The number of nitrogens with one attached hydrogen (secondary N) is 1. The minimum atomic E-state index is -1.17. The first-order valence-corrected chi connectivity index (χ1v) is 11.2. The monoisotopic (exact) mass is 499 g/mol. The number of hydrogen-bond donors (Lipinski definition) is 2. The van der Waals surface area contributed by atoms with Crippen LogP contribution in [0.1, 0.15) is 26.5 Å². The number of hydrogen-bond acceptors (Lipinski definition) is 6. The molecule has 35 heavy (non-hydrogen) atoms. The molecule has 0 aliphatic rings. The van der Waals surface area contributed by atoms with E-state index in [-0.39, 0.29) is 6.61 Å². The van der Waals surface area contributed by atoms with Crippen LogP contribution in [0.5, 0.6) is 5.75 Å². The zero-order valence-corrected chi connectivity index (χ0v) is 20.7. The number of benzene rings is 1. The Kier molecular flexibility index (Phi) is 8.37. The number of aliphatic hydroxyl groups is 1. The van der Waals surface area contributed by atoms with Crippen LogP contribution in [0.2, 0.25) is 0 Å². The Bertz CT molecular complexity index is 1310. The number of ether oxygens (including phenoxy) is 1. The first-order chi connectivity index (χ1) is 16.6. The van der Waals surface area contributed by atoms with E-state index in [1.54, 1.807) is 19.9 Å². The summed E-state index contributed by atoms with van der Waals surface area (Å²) in [5.74, 6) is -0.488. The summed E-state index contributed by atoms with van der Waals surface area (Å²) in [4.78, 5) is 20.5. The third-order valence-corrected chi connectivity index (χ3v) is 5.51. The summed E-state index contributed by atoms with van der Waals surface area (Å²) < 4.78 is 21.2. The number of para-hydroxylation sites is 1. The molecule has 0 fully saturated rings. The van der Waals surface area contributed by atoms with E-state index in [9.17, 15) is 14.3 Å². The highest BCUT2D eigenvalue weighted by Crippen LogP contribution is 2.31. The number of carbonyl (C=O) groups is 1. The zero-order chi connectivity index (χ0) is 25.7. The van der Waals surface area contributed by atoms with Crippen molar-refractivity contribution in [2.45, 2.75) is 39.8 Å². The second-order valence-corrected chi connectivity index (χ2v) is 8.58. The number of nitrogens with zero attached hydrogens (tertiary/aromatic N) is 4. The Hall–Kier alpha value is -3.56. The van der Waals surface area contributed by atoms with Gasteiger partial charge in [-0.05, 0) is 46.5 Å². The lowest BCUT2D eigenvalue weighted by atomic mass is 10.00. The molecule has 0 saturated heterocycles. The molecule has 0 aliphatic heterocycles. The average Bonchev–Trinajstić information content (AvgIpc) is 3.23. The SMILES string of the molecule is C=N/C=C(\C(COc1cccc2c(-n3cc(F)cn3)cc(C)nc12)=C(/C)Cl)C(C)NC(=O)[C@H](C)O. The van der Waals surface area contributed by atoms with E-state index in [1.807, 2.05) is 25.1 Å². The molecule has 1 aromatic carbocycles. The minimum absolute atomic E-state index is 0.0477. The molecule has 184 valence electrons. The van der Waals surface area contributed by atoms with Crippen molar-refractivity contribution in [3.63, 3.8) is 0 Å². The number of aryl methyl sites for hydroxylation is 1. The quantitative estimate of drug-likeness (QED) is 0.339. The first kappa shape index (κ1) is 26.1. The normalized spacial score (nSPS) is 14.3. The van der Waals surface area contributed by atoms with Crippen LogP contribution in [0, 0.1) is 12.7 Å². The number of rotatable bonds is 9. The highest BCUT2D eigenvalue weighted by atomic mass is 35.5. The van der Waals surface area contributed by atoms with Crippen LogP contribution in [-0.4, -0.2) is 51.2 Å². The largest absolute Gasteiger partial charge is 0.487 e. The average molecular weight is 500 g/mol. The number of aromatic nitrogens is 3. The molecule has 0 bridgehead atoms. The summed E-state index contributed by atoms with van der Waals surface area (Å²) in [6.45, 7) is 10.2. The molecule has 8 nitrogen and oxygen atoms in total. The van der Waals surface area contributed by atoms with Crippen LogP contribution in [0.3, 0.4) is 0 Å². The summed E-state index contributed by atoms with van der Waals surface area (Å²) in [5, 5.41) is 17.5. The first-order valence-electron chi connectivity index (χ1n) is 10.9. The maximum absolute atomic E-state index is 13.6. The van der Waals surface area contributed by atoms with Crippen molar-refractivity contribution >= 4 is 35.1 Å². The zero-order valence-electron chi connectivity index (χ0n) is 19.9. The lowest BCUT2D eigenvalue weighted by Gasteiger charge is -2.22. The van der Waals surface area contributed by atoms with Crippen molar-refractivity contribution < 1.29 is 19.0 Å². The Morgan fingerprint density at radius 1 is 1.43 bits per heavy atom. The van der Waals surface area contributed by atoms with E-state index in [4.69, 9.17) is 16.3 Å². The molecular formula is C25H27ClFN5O3. The van der Waals surface area contributed by atoms with Crippen molar-refractivity contribution in [1.29, 1.82) is 0 Å². The molecule has 0 aliphatic carbocycles. The minimum Gasteiger partial charge on any atom is -0.487 e. The number of fused-ring (bicyclic) bond motifs is 1. The summed E-state index contributed by atoms with van der Waals surface area (Å²) in [5.41, 5.74) is 3.12. The van der Waals surface area contributed by atoms with Crippen molar-refractivity contribution in [3.05, 3.63) is 70.5 Å². The van der Waals surface area contributed by atoms with Gasteiger partial charge in [0.15, 0.2) is 5.82 Å². The molecule has 1 amide bonds. The van der Waals surface area contributed by atoms with Crippen molar-refractivity contribution in [3.8, 4) is 11.4 Å². The van der Waals surface area contributed by atoms with Crippen LogP contribution in [0.25, 0.3) is 16.6 Å². The van der Waals surface area contributed by atoms with Gasteiger partial charge in [-0.3, -0.25) is 9.79 Å². The predicted molar refractivity (Wildman–Crippen MR) is 135 cm³/mol. The highest BCUT2D eigenvalue weighted by Gasteiger charge is 2.21. The number of pyridine rings is 1. The van der Waals surface area contributed by atoms with Gasteiger partial charge in [-0.2, -0.15) is 5.10 Å². The number of allylic oxidation sites excluding steroid dienone is 1. The van der Waals surface area contributed by atoms with Gasteiger partial charge in [-0.15, -0.1) is 0 Å². The van der Waals surface area contributed by atoms with Crippen LogP contribution in [-0.2, 0) is 4.79 Å². The second-order valence-electron chi connectivity index (χ2n) is 8.01. The van der Waals surface area contributed by atoms with Gasteiger partial charge in [-0.1, -0.05) is 23.7 Å². The molecule has 2 N–H and O–H groups in total. The van der Waals surface area contributed by atoms with Gasteiger partial charge in [0.2, 0.25) is 5.91 Å². The predicted octanol–water partition coefficient (Wildman–Crippen LogP) is 4.23. The van der Waals surface area contributed by atoms with E-state index in [2.05, 4.69) is 27.1 Å². The number of amides is 1. The van der Waals surface area contributed by atoms with Crippen molar-refractivity contribution in [2.24, 2.45) is 4.99 Å². The number of aliphatic hydroxyl groups excluding tert-OH is 1. The van der Waals surface area contributed by atoms with Crippen LogP contribution >= 0.6 is 11.6 Å². The van der Waals surface area contributed by atoms with Crippen molar-refractivity contribution in [2.75, 3.05) is 6.61 Å². The molecule has 1 unspecified atom stereocenters. The van der Waals surface area contributed by atoms with Crippen LogP contribution < -0.4 is 10.1 Å². The summed E-state index contributed by atoms with van der Waals surface area (Å²) >= 11 is 6.41. The molecule has 2 atom stereocenters. The maximum atomic E-state index is 13.6. The Labute approximate surface area is 207 Å². The number of aliphatic imine (C=N–C) groups is 1. The third kappa shape index (κ3) is 6.12. The van der Waals surface area contributed by atoms with Crippen LogP contribution in [0.4, 0.5) is 4.39 Å². The van der Waals surface area contributed by atoms with Crippen molar-refractivity contribution in [1.82, 2.24) is 20.1 Å². The van der Waals surface area contributed by atoms with Gasteiger partial charge >= 0.3 is 0 Å². The molecule has 0 spiro atoms. The maximum Gasteiger partial charge on any atom is 0.249 e. The van der Waals surface area contributed by atoms with E-state index < -0.39 is 23.9 Å². The summed E-state index contributed by atoms with van der Waals surface area (Å²) in [6.07, 6.45) is 2.76. The Morgan fingerprint density at radius 2 is 2.17 bits per heavy atom. The van der Waals surface area contributed by atoms with Gasteiger partial charge in [0.25, 0.3) is 0 Å². The molecule has 10 heteroatoms. The number of carbonyl (C=O) groups excluding carboxylic acids is 1. The third-order valence-electron chi connectivity index (χ3n) is 5.28. The van der Waals surface area contributed by atoms with Gasteiger partial charge in [-0.25, -0.2) is 14.1 Å². The fourth-order valence-electron chi connectivity index (χ4n) is 3.56. The van der Waals surface area contributed by atoms with Gasteiger partial charge < -0.3 is 15.2 Å². The smallest absolute Gasteiger partial charge is 0.249 e. The van der Waals surface area contributed by atoms with E-state index in [1.165, 1.54) is 24.0 Å². The lowest BCUT2D eigenvalue weighted by molar-refractivity contribution is -0.128.